The van der Waals surface area contributed by atoms with Gasteiger partial charge < -0.3 is 18.9 Å². The van der Waals surface area contributed by atoms with E-state index in [1.54, 1.807) is 24.3 Å². The molecule has 1 aromatic carbocycles. The Hall–Kier alpha value is -2.67. The second kappa shape index (κ2) is 5.70. The van der Waals surface area contributed by atoms with Gasteiger partial charge in [-0.1, -0.05) is 18.2 Å². The third-order valence-corrected chi connectivity index (χ3v) is 4.97. The van der Waals surface area contributed by atoms with E-state index < -0.39 is 40.9 Å². The Morgan fingerprint density at radius 1 is 1.20 bits per heavy atom. The number of hydrogen-bond donors (Lipinski definition) is 0. The maximum absolute atomic E-state index is 13.1. The van der Waals surface area contributed by atoms with Crippen molar-refractivity contribution in [3.63, 3.8) is 0 Å². The maximum Gasteiger partial charge on any atom is 0.327 e. The van der Waals surface area contributed by atoms with Crippen LogP contribution in [-0.4, -0.2) is 43.8 Å². The molecule has 0 aromatic heterocycles. The van der Waals surface area contributed by atoms with Crippen LogP contribution in [0.4, 0.5) is 0 Å². The topological polar surface area (TPSA) is 88.1 Å². The quantitative estimate of drug-likeness (QED) is 0.466. The van der Waals surface area contributed by atoms with Crippen molar-refractivity contribution in [2.75, 3.05) is 14.2 Å². The number of para-hydroxylation sites is 1. The molecule has 3 rings (SSSR count). The molecule has 1 aromatic rings. The van der Waals surface area contributed by atoms with Crippen LogP contribution in [0.1, 0.15) is 17.3 Å². The van der Waals surface area contributed by atoms with E-state index in [2.05, 4.69) is 6.58 Å². The Balaban J connectivity index is 2.28. The Labute approximate surface area is 144 Å². The van der Waals surface area contributed by atoms with Gasteiger partial charge in [0.05, 0.1) is 19.8 Å². The number of methoxy groups -OCH3 is 2. The first-order valence-electron chi connectivity index (χ1n) is 7.65. The first kappa shape index (κ1) is 17.2. The van der Waals surface area contributed by atoms with E-state index in [4.69, 9.17) is 18.9 Å². The summed E-state index contributed by atoms with van der Waals surface area (Å²) in [6.07, 6.45) is 0.143. The SMILES string of the molecule is C=C[C@]1(C)O[C@H]2Oc3ccccc3C(=O)[C@@H]2C1(C(=O)OC)C(=O)OC. The minimum absolute atomic E-state index is 0.262. The van der Waals surface area contributed by atoms with E-state index in [-0.39, 0.29) is 5.56 Å². The minimum Gasteiger partial charge on any atom is -0.468 e. The third-order valence-electron chi connectivity index (χ3n) is 4.97. The van der Waals surface area contributed by atoms with Crippen molar-refractivity contribution in [3.8, 4) is 5.75 Å². The lowest BCUT2D eigenvalue weighted by Crippen LogP contribution is -2.59. The van der Waals surface area contributed by atoms with Crippen molar-refractivity contribution in [2.24, 2.45) is 11.3 Å². The third kappa shape index (κ3) is 1.99. The predicted molar refractivity (Wildman–Crippen MR) is 84.8 cm³/mol. The zero-order chi connectivity index (χ0) is 18.4. The Morgan fingerprint density at radius 3 is 2.36 bits per heavy atom. The molecule has 0 radical (unpaired) electrons. The van der Waals surface area contributed by atoms with E-state index >= 15 is 0 Å². The summed E-state index contributed by atoms with van der Waals surface area (Å²) < 4.78 is 21.3. The summed E-state index contributed by atoms with van der Waals surface area (Å²) in [7, 11) is 2.26. The van der Waals surface area contributed by atoms with Crippen LogP contribution in [0.15, 0.2) is 36.9 Å². The fourth-order valence-electron chi connectivity index (χ4n) is 3.67. The smallest absolute Gasteiger partial charge is 0.327 e. The van der Waals surface area contributed by atoms with Gasteiger partial charge in [-0.05, 0) is 19.1 Å². The van der Waals surface area contributed by atoms with E-state index in [9.17, 15) is 14.4 Å². The highest BCUT2D eigenvalue weighted by Gasteiger charge is 2.76. The van der Waals surface area contributed by atoms with Crippen LogP contribution in [-0.2, 0) is 23.8 Å². The second-order valence-corrected chi connectivity index (χ2v) is 6.04. The van der Waals surface area contributed by atoms with Gasteiger partial charge in [-0.3, -0.25) is 14.4 Å². The number of hydrogen-bond acceptors (Lipinski definition) is 7. The van der Waals surface area contributed by atoms with Gasteiger partial charge in [0.25, 0.3) is 0 Å². The van der Waals surface area contributed by atoms with Crippen LogP contribution < -0.4 is 4.74 Å². The van der Waals surface area contributed by atoms with Crippen molar-refractivity contribution < 1.29 is 33.3 Å². The number of ether oxygens (including phenoxy) is 4. The fraction of sp³-hybridized carbons (Fsp3) is 0.389. The van der Waals surface area contributed by atoms with Gasteiger partial charge in [0.2, 0.25) is 11.7 Å². The van der Waals surface area contributed by atoms with Crippen LogP contribution in [0.3, 0.4) is 0 Å². The van der Waals surface area contributed by atoms with Crippen LogP contribution in [0, 0.1) is 11.3 Å². The molecule has 2 heterocycles. The molecule has 0 aliphatic carbocycles. The van der Waals surface area contributed by atoms with Crippen molar-refractivity contribution in [1.82, 2.24) is 0 Å². The number of Topliss-reactive ketones (excluding diaryl/α,β-unsaturated/α-hetero) is 1. The lowest BCUT2D eigenvalue weighted by Gasteiger charge is -2.37. The van der Waals surface area contributed by atoms with Gasteiger partial charge >= 0.3 is 11.9 Å². The number of rotatable bonds is 3. The Kier molecular flexibility index (Phi) is 3.91. The number of esters is 2. The van der Waals surface area contributed by atoms with Gasteiger partial charge in [0.15, 0.2) is 5.78 Å². The molecule has 0 saturated carbocycles. The van der Waals surface area contributed by atoms with E-state index in [1.807, 2.05) is 0 Å². The van der Waals surface area contributed by atoms with E-state index in [0.29, 0.717) is 5.75 Å². The summed E-state index contributed by atoms with van der Waals surface area (Å²) in [4.78, 5) is 38.7. The van der Waals surface area contributed by atoms with Crippen LogP contribution in [0.25, 0.3) is 0 Å². The van der Waals surface area contributed by atoms with Crippen molar-refractivity contribution in [1.29, 1.82) is 0 Å². The van der Waals surface area contributed by atoms with Gasteiger partial charge in [0.1, 0.15) is 17.3 Å². The molecular weight excluding hydrogens is 328 g/mol. The lowest BCUT2D eigenvalue weighted by atomic mass is 9.63. The Morgan fingerprint density at radius 2 is 1.80 bits per heavy atom. The normalized spacial score (nSPS) is 29.0. The average Bonchev–Trinajstić information content (AvgIpc) is 2.90. The summed E-state index contributed by atoms with van der Waals surface area (Å²) in [5, 5.41) is 0. The molecular formula is C18H18O7. The number of carbonyl (C=O) groups is 3. The summed E-state index contributed by atoms with van der Waals surface area (Å²) in [5.74, 6) is -3.26. The highest BCUT2D eigenvalue weighted by Crippen LogP contribution is 2.56. The molecule has 0 spiro atoms. The largest absolute Gasteiger partial charge is 0.468 e. The molecule has 1 saturated heterocycles. The summed E-state index contributed by atoms with van der Waals surface area (Å²) >= 11 is 0. The molecule has 2 aliphatic heterocycles. The number of benzene rings is 1. The minimum atomic E-state index is -2.06. The first-order chi connectivity index (χ1) is 11.9. The molecule has 25 heavy (non-hydrogen) atoms. The Bertz CT molecular complexity index is 752. The highest BCUT2D eigenvalue weighted by molar-refractivity contribution is 6.12. The van der Waals surface area contributed by atoms with Crippen molar-refractivity contribution >= 4 is 17.7 Å². The molecule has 2 aliphatic rings. The zero-order valence-electron chi connectivity index (χ0n) is 14.1. The van der Waals surface area contributed by atoms with Crippen LogP contribution in [0.5, 0.6) is 5.75 Å². The highest BCUT2D eigenvalue weighted by atomic mass is 16.7. The summed E-state index contributed by atoms with van der Waals surface area (Å²) in [5.41, 5.74) is -3.36. The monoisotopic (exact) mass is 346 g/mol. The number of fused-ring (bicyclic) bond motifs is 2. The van der Waals surface area contributed by atoms with Crippen LogP contribution >= 0.6 is 0 Å². The molecule has 0 bridgehead atoms. The average molecular weight is 346 g/mol. The standard InChI is InChI=1S/C18H18O7/c1-5-17(2)18(15(20)22-3,16(21)23-4)12-13(19)10-8-6-7-9-11(10)24-14(12)25-17/h5-9,12,14H,1H2,2-4H3/t12-,14+,17-/m0/s1. The van der Waals surface area contributed by atoms with Gasteiger partial charge in [-0.25, -0.2) is 0 Å². The summed E-state index contributed by atoms with van der Waals surface area (Å²) in [6, 6.07) is 6.56. The molecule has 7 heteroatoms. The van der Waals surface area contributed by atoms with Gasteiger partial charge in [0, 0.05) is 0 Å². The summed E-state index contributed by atoms with van der Waals surface area (Å²) in [6.45, 7) is 5.15. The molecule has 3 atom stereocenters. The van der Waals surface area contributed by atoms with E-state index in [0.717, 1.165) is 14.2 Å². The molecule has 0 N–H and O–H groups in total. The molecule has 0 amide bonds. The molecule has 1 fully saturated rings. The van der Waals surface area contributed by atoms with E-state index in [1.165, 1.54) is 13.0 Å². The number of carbonyl (C=O) groups excluding carboxylic acids is 3. The number of ketones is 1. The lowest BCUT2D eigenvalue weighted by molar-refractivity contribution is -0.180. The molecule has 132 valence electrons. The van der Waals surface area contributed by atoms with Crippen molar-refractivity contribution in [2.45, 2.75) is 18.8 Å². The fourth-order valence-corrected chi connectivity index (χ4v) is 3.67. The van der Waals surface area contributed by atoms with Crippen LogP contribution in [0.2, 0.25) is 0 Å². The maximum atomic E-state index is 13.1. The molecule has 7 nitrogen and oxygen atoms in total. The van der Waals surface area contributed by atoms with Gasteiger partial charge in [-0.15, -0.1) is 6.58 Å². The predicted octanol–water partition coefficient (Wildman–Crippen LogP) is 1.51. The van der Waals surface area contributed by atoms with Crippen molar-refractivity contribution in [3.05, 3.63) is 42.5 Å². The second-order valence-electron chi connectivity index (χ2n) is 6.04. The molecule has 0 unspecified atom stereocenters. The van der Waals surface area contributed by atoms with Gasteiger partial charge in [-0.2, -0.15) is 0 Å². The zero-order valence-corrected chi connectivity index (χ0v) is 14.1. The first-order valence-corrected chi connectivity index (χ1v) is 7.65.